The highest BCUT2D eigenvalue weighted by Crippen LogP contribution is 2.01. The zero-order valence-electron chi connectivity index (χ0n) is 7.68. The van der Waals surface area contributed by atoms with Gasteiger partial charge < -0.3 is 10.8 Å². The van der Waals surface area contributed by atoms with Gasteiger partial charge in [-0.2, -0.15) is 0 Å². The molecule has 1 unspecified atom stereocenters. The Labute approximate surface area is 80.4 Å². The number of fused-ring (bicyclic) bond motifs is 1. The summed E-state index contributed by atoms with van der Waals surface area (Å²) in [5, 5.41) is 20.3. The van der Waals surface area contributed by atoms with E-state index in [9.17, 15) is 10.3 Å². The second kappa shape index (κ2) is 2.97. The van der Waals surface area contributed by atoms with Crippen LogP contribution >= 0.6 is 0 Å². The van der Waals surface area contributed by atoms with Gasteiger partial charge in [-0.1, -0.05) is 0 Å². The second-order valence-corrected chi connectivity index (χ2v) is 3.27. The van der Waals surface area contributed by atoms with E-state index in [2.05, 4.69) is 4.99 Å². The highest BCUT2D eigenvalue weighted by Gasteiger charge is 2.12. The maximum Gasteiger partial charge on any atom is 0.248 e. The number of nitrogens with zero attached hydrogens (tertiary/aromatic N) is 2. The minimum atomic E-state index is -1.25. The number of hydroxylamine groups is 2. The van der Waals surface area contributed by atoms with Crippen LogP contribution in [0.4, 0.5) is 5.69 Å². The first-order chi connectivity index (χ1) is 6.58. The molecule has 0 spiro atoms. The highest BCUT2D eigenvalue weighted by molar-refractivity contribution is 5.46. The Morgan fingerprint density at radius 3 is 2.93 bits per heavy atom. The van der Waals surface area contributed by atoms with Gasteiger partial charge in [-0.25, -0.2) is 10.1 Å². The van der Waals surface area contributed by atoms with Gasteiger partial charge in [-0.15, -0.1) is 0 Å². The maximum absolute atomic E-state index is 9.24. The summed E-state index contributed by atoms with van der Waals surface area (Å²) < 4.78 is 0. The molecule has 1 aromatic carbocycles. The Kier molecular flexibility index (Phi) is 1.90. The van der Waals surface area contributed by atoms with Crippen molar-refractivity contribution in [3.05, 3.63) is 28.3 Å². The van der Waals surface area contributed by atoms with Crippen molar-refractivity contribution < 1.29 is 10.3 Å². The molecule has 1 aromatic rings. The van der Waals surface area contributed by atoms with Crippen LogP contribution in [0, 0.1) is 6.92 Å². The third-order valence-electron chi connectivity index (χ3n) is 2.09. The van der Waals surface area contributed by atoms with Crippen molar-refractivity contribution >= 4 is 11.9 Å². The number of benzene rings is 1. The molecule has 5 heteroatoms. The summed E-state index contributed by atoms with van der Waals surface area (Å²) in [6.45, 7) is 1.89. The molecule has 4 N–H and O–H groups in total. The van der Waals surface area contributed by atoms with Gasteiger partial charge in [0.15, 0.2) is 0 Å². The Hall–Kier alpha value is -1.59. The SMILES string of the molecule is Cc1cc(N)c2c(c1)=NC(O)N(O)C=2. The molecule has 0 saturated carbocycles. The molecular formula is C9H11N3O2. The summed E-state index contributed by atoms with van der Waals surface area (Å²) in [7, 11) is 0. The number of aryl methyl sites for hydroxylation is 1. The van der Waals surface area contributed by atoms with Crippen molar-refractivity contribution in [2.24, 2.45) is 4.99 Å². The van der Waals surface area contributed by atoms with E-state index in [1.807, 2.05) is 6.92 Å². The summed E-state index contributed by atoms with van der Waals surface area (Å²) in [5.41, 5.74) is 7.25. The van der Waals surface area contributed by atoms with Gasteiger partial charge in [0.25, 0.3) is 0 Å². The number of nitrogens with two attached hydrogens (primary N) is 1. The lowest BCUT2D eigenvalue weighted by Crippen LogP contribution is -2.41. The molecule has 2 rings (SSSR count). The molecule has 0 aromatic heterocycles. The van der Waals surface area contributed by atoms with Gasteiger partial charge in [-0.05, 0) is 24.6 Å². The summed E-state index contributed by atoms with van der Waals surface area (Å²) in [6.07, 6.45) is 0.116. The predicted octanol–water partition coefficient (Wildman–Crippen LogP) is -1.08. The lowest BCUT2D eigenvalue weighted by atomic mass is 10.1. The fourth-order valence-electron chi connectivity index (χ4n) is 1.44. The second-order valence-electron chi connectivity index (χ2n) is 3.27. The van der Waals surface area contributed by atoms with Crippen molar-refractivity contribution in [2.45, 2.75) is 13.3 Å². The van der Waals surface area contributed by atoms with Crippen LogP contribution in [0.2, 0.25) is 0 Å². The molecule has 74 valence electrons. The summed E-state index contributed by atoms with van der Waals surface area (Å²) in [5.74, 6) is 0. The fourth-order valence-corrected chi connectivity index (χ4v) is 1.44. The monoisotopic (exact) mass is 193 g/mol. The van der Waals surface area contributed by atoms with Crippen molar-refractivity contribution in [1.82, 2.24) is 5.06 Å². The van der Waals surface area contributed by atoms with Crippen LogP contribution in [-0.4, -0.2) is 21.7 Å². The van der Waals surface area contributed by atoms with Crippen LogP contribution < -0.4 is 16.3 Å². The topological polar surface area (TPSA) is 82.1 Å². The van der Waals surface area contributed by atoms with Crippen LogP contribution in [0.3, 0.4) is 0 Å². The van der Waals surface area contributed by atoms with E-state index in [0.29, 0.717) is 21.3 Å². The van der Waals surface area contributed by atoms with Crippen molar-refractivity contribution in [1.29, 1.82) is 0 Å². The Morgan fingerprint density at radius 1 is 1.50 bits per heavy atom. The van der Waals surface area contributed by atoms with Gasteiger partial charge in [-0.3, -0.25) is 5.21 Å². The van der Waals surface area contributed by atoms with Gasteiger partial charge in [0, 0.05) is 17.1 Å². The molecule has 0 fully saturated rings. The third-order valence-corrected chi connectivity index (χ3v) is 2.09. The summed E-state index contributed by atoms with van der Waals surface area (Å²) in [4.78, 5) is 3.87. The van der Waals surface area contributed by atoms with Crippen LogP contribution in [0.1, 0.15) is 5.56 Å². The van der Waals surface area contributed by atoms with E-state index < -0.39 is 6.35 Å². The molecule has 14 heavy (non-hydrogen) atoms. The summed E-state index contributed by atoms with van der Waals surface area (Å²) >= 11 is 0. The molecule has 1 aliphatic heterocycles. The fraction of sp³-hybridized carbons (Fsp3) is 0.222. The predicted molar refractivity (Wildman–Crippen MR) is 50.5 cm³/mol. The average molecular weight is 193 g/mol. The number of aliphatic hydroxyl groups is 1. The van der Waals surface area contributed by atoms with Gasteiger partial charge >= 0.3 is 0 Å². The average Bonchev–Trinajstić information content (AvgIpc) is 2.08. The molecule has 1 aliphatic rings. The number of aliphatic hydroxyl groups excluding tert-OH is 1. The quantitative estimate of drug-likeness (QED) is 0.457. The zero-order valence-corrected chi connectivity index (χ0v) is 7.68. The molecule has 5 nitrogen and oxygen atoms in total. The van der Waals surface area contributed by atoms with Crippen molar-refractivity contribution in [3.8, 4) is 0 Å². The van der Waals surface area contributed by atoms with E-state index in [0.717, 1.165) is 5.56 Å². The molecule has 0 saturated heterocycles. The minimum absolute atomic E-state index is 0.537. The molecular weight excluding hydrogens is 182 g/mol. The Morgan fingerprint density at radius 2 is 2.21 bits per heavy atom. The van der Waals surface area contributed by atoms with E-state index in [1.54, 1.807) is 12.1 Å². The van der Waals surface area contributed by atoms with Crippen molar-refractivity contribution in [2.75, 3.05) is 5.73 Å². The molecule has 1 heterocycles. The molecule has 0 aliphatic carbocycles. The molecule has 0 bridgehead atoms. The molecule has 0 radical (unpaired) electrons. The number of hydrogen-bond donors (Lipinski definition) is 3. The van der Waals surface area contributed by atoms with Crippen LogP contribution in [0.5, 0.6) is 0 Å². The highest BCUT2D eigenvalue weighted by atomic mass is 16.5. The first-order valence-corrected chi connectivity index (χ1v) is 4.19. The van der Waals surface area contributed by atoms with Crippen LogP contribution in [0.25, 0.3) is 6.20 Å². The lowest BCUT2D eigenvalue weighted by Gasteiger charge is -2.19. The van der Waals surface area contributed by atoms with Gasteiger partial charge in [0.1, 0.15) is 0 Å². The first kappa shape index (κ1) is 8.98. The van der Waals surface area contributed by atoms with Gasteiger partial charge in [0.05, 0.1) is 5.36 Å². The largest absolute Gasteiger partial charge is 0.398 e. The first-order valence-electron chi connectivity index (χ1n) is 4.19. The van der Waals surface area contributed by atoms with Crippen molar-refractivity contribution in [3.63, 3.8) is 0 Å². The lowest BCUT2D eigenvalue weighted by molar-refractivity contribution is -0.141. The van der Waals surface area contributed by atoms with Gasteiger partial charge in [0.2, 0.25) is 6.35 Å². The van der Waals surface area contributed by atoms with E-state index >= 15 is 0 Å². The third kappa shape index (κ3) is 1.32. The number of rotatable bonds is 0. The standard InChI is InChI=1S/C9H11N3O2/c1-5-2-7(10)6-4-12(14)9(13)11-8(6)3-5/h2-4,9,13-14H,10H2,1H3. The Bertz CT molecular complexity index is 484. The Balaban J connectivity index is 2.79. The minimum Gasteiger partial charge on any atom is -0.398 e. The number of hydrogen-bond acceptors (Lipinski definition) is 5. The van der Waals surface area contributed by atoms with E-state index in [4.69, 9.17) is 5.73 Å². The number of nitrogen functional groups attached to an aromatic ring is 1. The van der Waals surface area contributed by atoms with Crippen LogP contribution in [-0.2, 0) is 0 Å². The smallest absolute Gasteiger partial charge is 0.248 e. The van der Waals surface area contributed by atoms with Crippen LogP contribution in [0.15, 0.2) is 17.1 Å². The van der Waals surface area contributed by atoms with E-state index in [-0.39, 0.29) is 0 Å². The summed E-state index contributed by atoms with van der Waals surface area (Å²) in [6, 6.07) is 3.59. The number of anilines is 1. The maximum atomic E-state index is 9.24. The molecule has 1 atom stereocenters. The molecule has 0 amide bonds. The zero-order chi connectivity index (χ0) is 10.3. The normalized spacial score (nSPS) is 19.6. The van der Waals surface area contributed by atoms with E-state index in [1.165, 1.54) is 6.20 Å².